The number of aliphatic hydroxyl groups excluding tert-OH is 1. The summed E-state index contributed by atoms with van der Waals surface area (Å²) in [5.74, 6) is 1.59. The third-order valence-corrected chi connectivity index (χ3v) is 12.8. The molecule has 8 heteroatoms. The van der Waals surface area contributed by atoms with Crippen LogP contribution in [0.1, 0.15) is 89.5 Å². The van der Waals surface area contributed by atoms with Crippen LogP contribution >= 0.6 is 0 Å². The molecule has 6 rings (SSSR count). The molecule has 40 heavy (non-hydrogen) atoms. The third-order valence-electron chi connectivity index (χ3n) is 12.8. The van der Waals surface area contributed by atoms with Crippen molar-refractivity contribution in [3.63, 3.8) is 0 Å². The number of carbonyl (C=O) groups excluding carboxylic acids is 1. The van der Waals surface area contributed by atoms with Crippen LogP contribution in [0.5, 0.6) is 0 Å². The van der Waals surface area contributed by atoms with Gasteiger partial charge >= 0.3 is 11.7 Å². The molecule has 1 saturated heterocycles. The molecule has 1 aliphatic heterocycles. The Kier molecular flexibility index (Phi) is 7.36. The molecule has 2 amide bonds. The maximum Gasteiger partial charge on any atom is 0.335 e. The van der Waals surface area contributed by atoms with E-state index in [1.54, 1.807) is 6.26 Å². The molecule has 222 valence electrons. The number of fused-ring (bicyclic) bond motifs is 5. The van der Waals surface area contributed by atoms with Crippen molar-refractivity contribution in [2.45, 2.75) is 102 Å². The first-order valence-corrected chi connectivity index (χ1v) is 15.8. The monoisotopic (exact) mass is 555 g/mol. The topological polar surface area (TPSA) is 106 Å². The van der Waals surface area contributed by atoms with Crippen molar-refractivity contribution in [2.24, 2.45) is 28.6 Å². The number of carbonyl (C=O) groups is 1. The van der Waals surface area contributed by atoms with Gasteiger partial charge < -0.3 is 24.8 Å². The van der Waals surface area contributed by atoms with Gasteiger partial charge in [-0.25, -0.2) is 9.59 Å². The van der Waals surface area contributed by atoms with E-state index in [2.05, 4.69) is 24.1 Å². The van der Waals surface area contributed by atoms with Crippen LogP contribution in [-0.2, 0) is 0 Å². The SMILES string of the molecule is CN(C(=O)NCCN1CCC(O)C1)[C@H]1CC[C@@]2(C)[C@H](CC[C@@H]3[C@@H]2CC[C@]2(C)[C@@H](c4ccc(=O)oc4)CC[C@]32O)C1. The van der Waals surface area contributed by atoms with Crippen LogP contribution in [0.3, 0.4) is 0 Å². The first-order valence-electron chi connectivity index (χ1n) is 15.8. The smallest absolute Gasteiger partial charge is 0.335 e. The highest BCUT2D eigenvalue weighted by molar-refractivity contribution is 5.74. The Hall–Kier alpha value is -1.90. The standard InChI is InChI=1S/C32H49N3O5/c1-30-12-8-23(34(3)29(38)33-15-17-35-16-11-24(36)19-35)18-22(30)5-6-27-26(30)9-13-31(2)25(10-14-32(27,31)39)21-4-7-28(37)40-20-21/h4,7,20,22-27,36,39H,5-6,8-19H2,1-3H3,(H,33,38)/t22-,23+,24?,25-,26+,27-,30+,31-,32+/m1/s1. The van der Waals surface area contributed by atoms with Gasteiger partial charge in [-0.1, -0.05) is 13.8 Å². The summed E-state index contributed by atoms with van der Waals surface area (Å²) >= 11 is 0. The number of urea groups is 1. The van der Waals surface area contributed by atoms with Gasteiger partial charge in [-0.05, 0) is 105 Å². The van der Waals surface area contributed by atoms with Gasteiger partial charge in [-0.2, -0.15) is 0 Å². The third kappa shape index (κ3) is 4.53. The van der Waals surface area contributed by atoms with Gasteiger partial charge in [0.05, 0.1) is 18.0 Å². The number of likely N-dealkylation sites (tertiary alicyclic amines) is 1. The Morgan fingerprint density at radius 2 is 1.93 bits per heavy atom. The average molecular weight is 556 g/mol. The maximum atomic E-state index is 13.0. The molecule has 1 aromatic heterocycles. The van der Waals surface area contributed by atoms with Crippen molar-refractivity contribution in [1.82, 2.24) is 15.1 Å². The van der Waals surface area contributed by atoms with E-state index >= 15 is 0 Å². The molecule has 5 fully saturated rings. The summed E-state index contributed by atoms with van der Waals surface area (Å²) < 4.78 is 5.24. The second kappa shape index (κ2) is 10.4. The van der Waals surface area contributed by atoms with Gasteiger partial charge in [0.25, 0.3) is 0 Å². The van der Waals surface area contributed by atoms with Crippen LogP contribution in [0.15, 0.2) is 27.6 Å². The highest BCUT2D eigenvalue weighted by Crippen LogP contribution is 2.70. The molecule has 4 saturated carbocycles. The molecular formula is C32H49N3O5. The molecule has 4 aliphatic carbocycles. The zero-order chi connectivity index (χ0) is 28.3. The lowest BCUT2D eigenvalue weighted by Gasteiger charge is -2.64. The van der Waals surface area contributed by atoms with Crippen molar-refractivity contribution in [1.29, 1.82) is 0 Å². The summed E-state index contributed by atoms with van der Waals surface area (Å²) in [7, 11) is 1.95. The molecule has 5 aliphatic rings. The lowest BCUT2D eigenvalue weighted by molar-refractivity contribution is -0.203. The number of amides is 2. The summed E-state index contributed by atoms with van der Waals surface area (Å²) in [5, 5.41) is 25.3. The summed E-state index contributed by atoms with van der Waals surface area (Å²) in [4.78, 5) is 28.7. The van der Waals surface area contributed by atoms with Gasteiger partial charge in [0.2, 0.25) is 0 Å². The minimum Gasteiger partial charge on any atom is -0.431 e. The van der Waals surface area contributed by atoms with E-state index in [0.717, 1.165) is 82.9 Å². The van der Waals surface area contributed by atoms with Gasteiger partial charge in [0.15, 0.2) is 0 Å². The number of β-amino-alcohol motifs (C(OH)–C–C–N with tert-alkyl or cyclic N) is 1. The number of nitrogens with one attached hydrogen (secondary N) is 1. The van der Waals surface area contributed by atoms with Gasteiger partial charge in [0, 0.05) is 50.7 Å². The second-order valence-electron chi connectivity index (χ2n) is 14.4. The number of aliphatic hydroxyl groups is 2. The van der Waals surface area contributed by atoms with Crippen molar-refractivity contribution in [3.05, 3.63) is 34.4 Å². The molecule has 9 atom stereocenters. The molecule has 2 heterocycles. The lowest BCUT2D eigenvalue weighted by atomic mass is 9.43. The molecule has 8 nitrogen and oxygen atoms in total. The fourth-order valence-electron chi connectivity index (χ4n) is 10.3. The summed E-state index contributed by atoms with van der Waals surface area (Å²) in [5.41, 5.74) is 0.0286. The molecule has 0 radical (unpaired) electrons. The largest absolute Gasteiger partial charge is 0.431 e. The van der Waals surface area contributed by atoms with Crippen LogP contribution in [0.2, 0.25) is 0 Å². The maximum absolute atomic E-state index is 13.0. The number of rotatable bonds is 5. The Morgan fingerprint density at radius 3 is 2.65 bits per heavy atom. The van der Waals surface area contributed by atoms with Crippen LogP contribution in [0.4, 0.5) is 4.79 Å². The summed E-state index contributed by atoms with van der Waals surface area (Å²) in [6.45, 7) is 7.77. The number of hydrogen-bond donors (Lipinski definition) is 3. The van der Waals surface area contributed by atoms with Gasteiger partial charge in [-0.3, -0.25) is 4.90 Å². The van der Waals surface area contributed by atoms with Crippen molar-refractivity contribution in [2.75, 3.05) is 33.2 Å². The van der Waals surface area contributed by atoms with Crippen LogP contribution in [0, 0.1) is 28.6 Å². The molecule has 1 unspecified atom stereocenters. The first kappa shape index (κ1) is 28.2. The van der Waals surface area contributed by atoms with E-state index in [9.17, 15) is 19.8 Å². The quantitative estimate of drug-likeness (QED) is 0.508. The van der Waals surface area contributed by atoms with Gasteiger partial charge in [0.1, 0.15) is 0 Å². The van der Waals surface area contributed by atoms with Crippen LogP contribution in [-0.4, -0.2) is 77.0 Å². The molecule has 0 spiro atoms. The van der Waals surface area contributed by atoms with E-state index < -0.39 is 5.60 Å². The zero-order valence-electron chi connectivity index (χ0n) is 24.6. The average Bonchev–Trinajstić information content (AvgIpc) is 3.47. The number of nitrogens with zero attached hydrogens (tertiary/aromatic N) is 2. The van der Waals surface area contributed by atoms with E-state index in [4.69, 9.17) is 4.42 Å². The Balaban J connectivity index is 1.10. The first-order chi connectivity index (χ1) is 19.0. The van der Waals surface area contributed by atoms with E-state index in [0.29, 0.717) is 30.8 Å². The zero-order valence-corrected chi connectivity index (χ0v) is 24.6. The molecule has 0 aromatic carbocycles. The van der Waals surface area contributed by atoms with Crippen molar-refractivity contribution >= 4 is 6.03 Å². The van der Waals surface area contributed by atoms with Crippen molar-refractivity contribution < 1.29 is 19.4 Å². The highest BCUT2D eigenvalue weighted by atomic mass is 16.4. The normalized spacial score (nSPS) is 43.0. The van der Waals surface area contributed by atoms with Crippen molar-refractivity contribution in [3.8, 4) is 0 Å². The lowest BCUT2D eigenvalue weighted by Crippen LogP contribution is -2.62. The van der Waals surface area contributed by atoms with Gasteiger partial charge in [-0.15, -0.1) is 0 Å². The van der Waals surface area contributed by atoms with E-state index in [-0.39, 0.29) is 40.6 Å². The Bertz CT molecular complexity index is 1140. The Morgan fingerprint density at radius 1 is 1.10 bits per heavy atom. The molecule has 1 aromatic rings. The second-order valence-corrected chi connectivity index (χ2v) is 14.4. The summed E-state index contributed by atoms with van der Waals surface area (Å²) in [6, 6.07) is 3.69. The fraction of sp³-hybridized carbons (Fsp3) is 0.812. The minimum atomic E-state index is -0.691. The Labute approximate surface area is 238 Å². The van der Waals surface area contributed by atoms with Crippen LogP contribution < -0.4 is 10.9 Å². The number of hydrogen-bond acceptors (Lipinski definition) is 6. The molecule has 3 N–H and O–H groups in total. The summed E-state index contributed by atoms with van der Waals surface area (Å²) in [6.07, 6.45) is 11.4. The van der Waals surface area contributed by atoms with E-state index in [1.807, 2.05) is 18.0 Å². The minimum absolute atomic E-state index is 0.0125. The van der Waals surface area contributed by atoms with Crippen LogP contribution in [0.25, 0.3) is 0 Å². The predicted octanol–water partition coefficient (Wildman–Crippen LogP) is 3.96. The predicted molar refractivity (Wildman–Crippen MR) is 153 cm³/mol. The highest BCUT2D eigenvalue weighted by Gasteiger charge is 2.67. The fourth-order valence-corrected chi connectivity index (χ4v) is 10.3. The van der Waals surface area contributed by atoms with E-state index in [1.165, 1.54) is 6.07 Å². The molecular weight excluding hydrogens is 506 g/mol. The molecule has 0 bridgehead atoms.